The number of pyridine rings is 1. The van der Waals surface area contributed by atoms with Crippen LogP contribution < -0.4 is 10.1 Å². The van der Waals surface area contributed by atoms with E-state index in [2.05, 4.69) is 10.3 Å². The Morgan fingerprint density at radius 2 is 2.12 bits per heavy atom. The fraction of sp³-hybridized carbons (Fsp3) is 0.294. The number of hydrogen-bond donors (Lipinski definition) is 1. The number of ether oxygens (including phenoxy) is 1. The summed E-state index contributed by atoms with van der Waals surface area (Å²) in [7, 11) is 0. The van der Waals surface area contributed by atoms with Crippen molar-refractivity contribution in [1.29, 1.82) is 0 Å². The van der Waals surface area contributed by atoms with Crippen molar-refractivity contribution in [3.05, 3.63) is 52.8 Å². The van der Waals surface area contributed by atoms with Gasteiger partial charge in [0.1, 0.15) is 5.75 Å². The van der Waals surface area contributed by atoms with Crippen LogP contribution in [0.5, 0.6) is 5.75 Å². The van der Waals surface area contributed by atoms with E-state index in [1.807, 2.05) is 6.07 Å². The Morgan fingerprint density at radius 1 is 1.29 bits per heavy atom. The van der Waals surface area contributed by atoms with E-state index in [-0.39, 0.29) is 6.03 Å². The zero-order valence-electron chi connectivity index (χ0n) is 12.9. The first-order chi connectivity index (χ1) is 11.6. The molecule has 0 bridgehead atoms. The number of rotatable bonds is 5. The van der Waals surface area contributed by atoms with Crippen LogP contribution in [0.4, 0.5) is 10.5 Å². The lowest BCUT2D eigenvalue weighted by Gasteiger charge is -2.39. The van der Waals surface area contributed by atoms with Crippen LogP contribution in [0.15, 0.2) is 42.7 Å². The molecule has 1 aromatic carbocycles. The lowest BCUT2D eigenvalue weighted by Crippen LogP contribution is -2.52. The van der Waals surface area contributed by atoms with Gasteiger partial charge in [-0.15, -0.1) is 0 Å². The number of carbonyl (C=O) groups excluding carboxylic acids is 1. The monoisotopic (exact) mass is 365 g/mol. The molecule has 1 aromatic heterocycles. The third kappa shape index (κ3) is 4.30. The van der Waals surface area contributed by atoms with Crippen LogP contribution in [0.3, 0.4) is 0 Å². The molecule has 7 heteroatoms. The lowest BCUT2D eigenvalue weighted by atomic mass is 9.97. The van der Waals surface area contributed by atoms with Crippen LogP contribution in [0.2, 0.25) is 10.0 Å². The summed E-state index contributed by atoms with van der Waals surface area (Å²) in [5, 5.41) is 3.82. The molecule has 2 heterocycles. The second kappa shape index (κ2) is 7.73. The summed E-state index contributed by atoms with van der Waals surface area (Å²) in [4.78, 5) is 17.8. The minimum absolute atomic E-state index is 0.0929. The molecule has 126 valence electrons. The molecule has 0 unspecified atom stereocenters. The van der Waals surface area contributed by atoms with Gasteiger partial charge in [0.2, 0.25) is 0 Å². The smallest absolute Gasteiger partial charge is 0.321 e. The Balaban J connectivity index is 1.36. The van der Waals surface area contributed by atoms with Gasteiger partial charge in [0.25, 0.3) is 0 Å². The number of urea groups is 1. The lowest BCUT2D eigenvalue weighted by molar-refractivity contribution is 0.113. The van der Waals surface area contributed by atoms with E-state index >= 15 is 0 Å². The zero-order chi connectivity index (χ0) is 16.9. The average molecular weight is 366 g/mol. The van der Waals surface area contributed by atoms with Gasteiger partial charge in [-0.05, 0) is 36.6 Å². The second-order valence-electron chi connectivity index (χ2n) is 5.66. The summed E-state index contributed by atoms with van der Waals surface area (Å²) in [6.45, 7) is 2.05. The van der Waals surface area contributed by atoms with Gasteiger partial charge < -0.3 is 15.0 Å². The van der Waals surface area contributed by atoms with E-state index in [9.17, 15) is 4.79 Å². The van der Waals surface area contributed by atoms with E-state index in [1.54, 1.807) is 41.6 Å². The Labute approximate surface area is 150 Å². The van der Waals surface area contributed by atoms with E-state index in [1.165, 1.54) is 0 Å². The average Bonchev–Trinajstić information content (AvgIpc) is 2.53. The second-order valence-corrected chi connectivity index (χ2v) is 6.47. The minimum Gasteiger partial charge on any atom is -0.494 e. The van der Waals surface area contributed by atoms with Crippen molar-refractivity contribution in [3.63, 3.8) is 0 Å². The van der Waals surface area contributed by atoms with Crippen molar-refractivity contribution in [3.8, 4) is 5.75 Å². The highest BCUT2D eigenvalue weighted by atomic mass is 35.5. The summed E-state index contributed by atoms with van der Waals surface area (Å²) < 4.78 is 5.67. The van der Waals surface area contributed by atoms with Gasteiger partial charge in [-0.2, -0.15) is 0 Å². The van der Waals surface area contributed by atoms with E-state index in [0.717, 1.165) is 19.5 Å². The first-order valence-electron chi connectivity index (χ1n) is 7.65. The molecular weight excluding hydrogens is 349 g/mol. The minimum atomic E-state index is -0.0929. The van der Waals surface area contributed by atoms with Crippen molar-refractivity contribution in [2.75, 3.05) is 25.0 Å². The largest absolute Gasteiger partial charge is 0.494 e. The summed E-state index contributed by atoms with van der Waals surface area (Å²) in [6.07, 6.45) is 4.18. The maximum absolute atomic E-state index is 12.0. The number of carbonyl (C=O) groups is 1. The number of nitrogens with one attached hydrogen (secondary N) is 1. The molecular formula is C17H17Cl2N3O2. The van der Waals surface area contributed by atoms with Gasteiger partial charge in [-0.3, -0.25) is 4.98 Å². The molecule has 0 atom stereocenters. The predicted octanol–water partition coefficient (Wildman–Crippen LogP) is 4.32. The van der Waals surface area contributed by atoms with Crippen LogP contribution in [0.25, 0.3) is 0 Å². The van der Waals surface area contributed by atoms with Crippen LogP contribution in [-0.4, -0.2) is 35.6 Å². The number of amides is 2. The van der Waals surface area contributed by atoms with Gasteiger partial charge >= 0.3 is 6.03 Å². The summed E-state index contributed by atoms with van der Waals surface area (Å²) in [6, 6.07) is 8.72. The predicted molar refractivity (Wildman–Crippen MR) is 94.9 cm³/mol. The highest BCUT2D eigenvalue weighted by Gasteiger charge is 2.30. The number of benzene rings is 1. The molecule has 2 amide bonds. The quantitative estimate of drug-likeness (QED) is 0.858. The van der Waals surface area contributed by atoms with Gasteiger partial charge in [0, 0.05) is 25.4 Å². The Morgan fingerprint density at radius 3 is 2.83 bits per heavy atom. The molecule has 24 heavy (non-hydrogen) atoms. The van der Waals surface area contributed by atoms with Gasteiger partial charge in [0.15, 0.2) is 0 Å². The van der Waals surface area contributed by atoms with Crippen LogP contribution in [0.1, 0.15) is 6.42 Å². The van der Waals surface area contributed by atoms with Crippen molar-refractivity contribution in [2.24, 2.45) is 5.92 Å². The van der Waals surface area contributed by atoms with Gasteiger partial charge in [0.05, 0.1) is 28.5 Å². The number of hydrogen-bond acceptors (Lipinski definition) is 3. The van der Waals surface area contributed by atoms with Crippen molar-refractivity contribution < 1.29 is 9.53 Å². The summed E-state index contributed by atoms with van der Waals surface area (Å²) in [5.74, 6) is 1.15. The van der Waals surface area contributed by atoms with E-state index in [4.69, 9.17) is 27.9 Å². The molecule has 0 saturated carbocycles. The van der Waals surface area contributed by atoms with Crippen molar-refractivity contribution in [1.82, 2.24) is 9.88 Å². The molecule has 1 saturated heterocycles. The van der Waals surface area contributed by atoms with E-state index in [0.29, 0.717) is 34.0 Å². The standard InChI is InChI=1S/C17H17Cl2N3O2/c18-15-4-3-14(8-16(15)19)24-7-5-12-10-22(11-12)17(23)21-13-2-1-6-20-9-13/h1-4,6,8-9,12H,5,7,10-11H2,(H,21,23). The number of nitrogens with zero attached hydrogens (tertiary/aromatic N) is 2. The Hall–Kier alpha value is -1.98. The maximum atomic E-state index is 12.0. The first-order valence-corrected chi connectivity index (χ1v) is 8.41. The molecule has 1 fully saturated rings. The summed E-state index contributed by atoms with van der Waals surface area (Å²) in [5.41, 5.74) is 0.703. The molecule has 1 N–H and O–H groups in total. The Kier molecular flexibility index (Phi) is 5.43. The molecule has 0 aliphatic carbocycles. The number of likely N-dealkylation sites (tertiary alicyclic amines) is 1. The molecule has 1 aliphatic rings. The first kappa shape index (κ1) is 16.9. The fourth-order valence-corrected chi connectivity index (χ4v) is 2.76. The topological polar surface area (TPSA) is 54.5 Å². The van der Waals surface area contributed by atoms with E-state index < -0.39 is 0 Å². The molecule has 3 rings (SSSR count). The highest BCUT2D eigenvalue weighted by Crippen LogP contribution is 2.27. The van der Waals surface area contributed by atoms with Crippen molar-refractivity contribution in [2.45, 2.75) is 6.42 Å². The molecule has 0 radical (unpaired) electrons. The van der Waals surface area contributed by atoms with Gasteiger partial charge in [-0.25, -0.2) is 4.79 Å². The maximum Gasteiger partial charge on any atom is 0.321 e. The third-order valence-corrected chi connectivity index (χ3v) is 4.58. The normalized spacial score (nSPS) is 14.2. The summed E-state index contributed by atoms with van der Waals surface area (Å²) >= 11 is 11.8. The third-order valence-electron chi connectivity index (χ3n) is 3.84. The molecule has 0 spiro atoms. The number of aromatic nitrogens is 1. The van der Waals surface area contributed by atoms with Crippen LogP contribution in [0, 0.1) is 5.92 Å². The van der Waals surface area contributed by atoms with Gasteiger partial charge in [-0.1, -0.05) is 23.2 Å². The SMILES string of the molecule is O=C(Nc1cccnc1)N1CC(CCOc2ccc(Cl)c(Cl)c2)C1. The fourth-order valence-electron chi connectivity index (χ4n) is 2.47. The number of halogens is 2. The zero-order valence-corrected chi connectivity index (χ0v) is 14.4. The highest BCUT2D eigenvalue weighted by molar-refractivity contribution is 6.42. The molecule has 5 nitrogen and oxygen atoms in total. The molecule has 2 aromatic rings. The number of anilines is 1. The molecule has 1 aliphatic heterocycles. The Bertz CT molecular complexity index is 706. The van der Waals surface area contributed by atoms with Crippen LogP contribution in [-0.2, 0) is 0 Å². The van der Waals surface area contributed by atoms with Crippen molar-refractivity contribution >= 4 is 34.9 Å². The van der Waals surface area contributed by atoms with Crippen LogP contribution >= 0.6 is 23.2 Å².